The zero-order chi connectivity index (χ0) is 16.5. The van der Waals surface area contributed by atoms with Gasteiger partial charge in [-0.25, -0.2) is 0 Å². The molecule has 0 aliphatic carbocycles. The van der Waals surface area contributed by atoms with Gasteiger partial charge >= 0.3 is 0 Å². The second-order valence-corrected chi connectivity index (χ2v) is 7.14. The lowest BCUT2D eigenvalue weighted by Crippen LogP contribution is -3.00. The maximum atomic E-state index is 9.59. The fourth-order valence-corrected chi connectivity index (χ4v) is 3.50. The quantitative estimate of drug-likeness (QED) is 0.316. The maximum Gasteiger partial charge on any atom is 0.102 e. The first-order valence-electron chi connectivity index (χ1n) is 10.2. The first kappa shape index (κ1) is 25.5. The molecule has 0 saturated carbocycles. The predicted octanol–water partition coefficient (Wildman–Crippen LogP) is 2.54. The summed E-state index contributed by atoms with van der Waals surface area (Å²) in [6.45, 7) is 12.1. The van der Waals surface area contributed by atoms with Gasteiger partial charge in [-0.1, -0.05) is 59.3 Å². The summed E-state index contributed by atoms with van der Waals surface area (Å²) in [5, 5.41) is 9.59. The molecule has 0 atom stereocenters. The number of unbranched alkanes of at least 4 members (excludes halogenated alkanes) is 9. The molecular weight excluding hydrogens is 306 g/mol. The number of hydrogen-bond donors (Lipinski definition) is 1. The number of hydrogen-bond acceptors (Lipinski definition) is 1. The van der Waals surface area contributed by atoms with Crippen molar-refractivity contribution >= 4 is 0 Å². The van der Waals surface area contributed by atoms with E-state index in [1.807, 2.05) is 0 Å². The maximum absolute atomic E-state index is 9.59. The van der Waals surface area contributed by atoms with Gasteiger partial charge in [-0.3, -0.25) is 0 Å². The van der Waals surface area contributed by atoms with Crippen LogP contribution in [0, 0.1) is 0 Å². The van der Waals surface area contributed by atoms with E-state index in [0.29, 0.717) is 6.61 Å². The molecule has 0 aromatic heterocycles. The minimum Gasteiger partial charge on any atom is -1.00 e. The lowest BCUT2D eigenvalue weighted by atomic mass is 10.1. The lowest BCUT2D eigenvalue weighted by Gasteiger charge is -2.39. The van der Waals surface area contributed by atoms with Crippen LogP contribution in [0.5, 0.6) is 0 Å². The molecule has 0 aliphatic heterocycles. The van der Waals surface area contributed by atoms with Gasteiger partial charge in [0.25, 0.3) is 0 Å². The molecule has 0 unspecified atom stereocenters. The highest BCUT2D eigenvalue weighted by molar-refractivity contribution is 4.51. The number of aliphatic hydroxyl groups is 1. The molecule has 23 heavy (non-hydrogen) atoms. The Balaban J connectivity index is 0. The summed E-state index contributed by atoms with van der Waals surface area (Å²) < 4.78 is 1.19. The zero-order valence-electron chi connectivity index (χ0n) is 16.3. The lowest BCUT2D eigenvalue weighted by molar-refractivity contribution is -0.929. The van der Waals surface area contributed by atoms with Crippen LogP contribution in [0.2, 0.25) is 0 Å². The van der Waals surface area contributed by atoms with E-state index in [-0.39, 0.29) is 12.4 Å². The fraction of sp³-hybridized carbons (Fsp3) is 1.00. The zero-order valence-corrected chi connectivity index (χ0v) is 17.0. The Bertz CT molecular complexity index is 192. The van der Waals surface area contributed by atoms with E-state index < -0.39 is 0 Å². The van der Waals surface area contributed by atoms with Crippen molar-refractivity contribution in [2.24, 2.45) is 0 Å². The number of quaternary nitrogens is 1. The van der Waals surface area contributed by atoms with E-state index in [0.717, 1.165) is 6.54 Å². The van der Waals surface area contributed by atoms with Crippen LogP contribution in [0.15, 0.2) is 0 Å². The molecule has 142 valence electrons. The fourth-order valence-electron chi connectivity index (χ4n) is 3.50. The van der Waals surface area contributed by atoms with Crippen LogP contribution >= 0.6 is 0 Å². The topological polar surface area (TPSA) is 20.2 Å². The van der Waals surface area contributed by atoms with Crippen LogP contribution in [0.3, 0.4) is 0 Å². The van der Waals surface area contributed by atoms with Crippen LogP contribution in [0.1, 0.15) is 97.8 Å². The van der Waals surface area contributed by atoms with Crippen LogP contribution in [0.4, 0.5) is 0 Å². The minimum absolute atomic E-state index is 0. The molecule has 0 radical (unpaired) electrons. The van der Waals surface area contributed by atoms with Crippen molar-refractivity contribution in [2.45, 2.75) is 97.8 Å². The van der Waals surface area contributed by atoms with Crippen molar-refractivity contribution in [1.29, 1.82) is 0 Å². The van der Waals surface area contributed by atoms with Crippen molar-refractivity contribution in [3.05, 3.63) is 0 Å². The van der Waals surface area contributed by atoms with Gasteiger partial charge in [-0.15, -0.1) is 0 Å². The third kappa shape index (κ3) is 14.3. The van der Waals surface area contributed by atoms with Crippen LogP contribution in [-0.4, -0.2) is 42.4 Å². The Labute approximate surface area is 153 Å². The third-order valence-electron chi connectivity index (χ3n) is 5.03. The normalized spacial score (nSPS) is 11.5. The number of nitrogens with zero attached hydrogens (tertiary/aromatic N) is 1. The summed E-state index contributed by atoms with van der Waals surface area (Å²) in [6, 6.07) is 0. The molecule has 2 nitrogen and oxygen atoms in total. The van der Waals surface area contributed by atoms with E-state index in [4.69, 9.17) is 0 Å². The summed E-state index contributed by atoms with van der Waals surface area (Å²) in [4.78, 5) is 0. The molecule has 0 amide bonds. The van der Waals surface area contributed by atoms with Gasteiger partial charge in [0.05, 0.1) is 26.2 Å². The Morgan fingerprint density at radius 2 is 0.870 bits per heavy atom. The van der Waals surface area contributed by atoms with Gasteiger partial charge in [0.2, 0.25) is 0 Å². The Morgan fingerprint density at radius 1 is 0.522 bits per heavy atom. The Morgan fingerprint density at radius 3 is 1.13 bits per heavy atom. The van der Waals surface area contributed by atoms with Crippen LogP contribution in [0.25, 0.3) is 0 Å². The molecule has 0 saturated heterocycles. The molecule has 3 heteroatoms. The summed E-state index contributed by atoms with van der Waals surface area (Å²) in [6.07, 6.45) is 16.2. The average Bonchev–Trinajstić information content (AvgIpc) is 2.53. The highest BCUT2D eigenvalue weighted by Gasteiger charge is 2.25. The highest BCUT2D eigenvalue weighted by Crippen LogP contribution is 2.17. The van der Waals surface area contributed by atoms with E-state index in [9.17, 15) is 5.11 Å². The highest BCUT2D eigenvalue weighted by atomic mass is 35.5. The number of aliphatic hydroxyl groups excluding tert-OH is 1. The standard InChI is InChI=1S/C20H44NO.ClH/c1-4-7-10-13-16-21(19-20-22,17-14-11-8-5-2)18-15-12-9-6-3;/h22H,4-20H2,1-3H3;1H/q+1;/p-1. The van der Waals surface area contributed by atoms with Gasteiger partial charge in [0.1, 0.15) is 6.54 Å². The van der Waals surface area contributed by atoms with Crippen molar-refractivity contribution in [2.75, 3.05) is 32.8 Å². The smallest absolute Gasteiger partial charge is 0.102 e. The van der Waals surface area contributed by atoms with E-state index in [1.165, 1.54) is 101 Å². The first-order valence-corrected chi connectivity index (χ1v) is 10.2. The second-order valence-electron chi connectivity index (χ2n) is 7.14. The molecule has 0 rings (SSSR count). The van der Waals surface area contributed by atoms with Crippen LogP contribution in [-0.2, 0) is 0 Å². The monoisotopic (exact) mass is 349 g/mol. The van der Waals surface area contributed by atoms with Crippen molar-refractivity contribution < 1.29 is 22.0 Å². The summed E-state index contributed by atoms with van der Waals surface area (Å²) in [5.41, 5.74) is 0. The van der Waals surface area contributed by atoms with Crippen molar-refractivity contribution in [3.63, 3.8) is 0 Å². The largest absolute Gasteiger partial charge is 1.00 e. The van der Waals surface area contributed by atoms with Gasteiger partial charge < -0.3 is 22.0 Å². The van der Waals surface area contributed by atoms with Gasteiger partial charge in [-0.2, -0.15) is 0 Å². The molecule has 0 aromatic carbocycles. The average molecular weight is 350 g/mol. The third-order valence-corrected chi connectivity index (χ3v) is 5.03. The molecule has 0 fully saturated rings. The molecule has 0 heterocycles. The SMILES string of the molecule is CCCCCC[N+](CCO)(CCCCCC)CCCCCC.[Cl-]. The van der Waals surface area contributed by atoms with Gasteiger partial charge in [0, 0.05) is 0 Å². The van der Waals surface area contributed by atoms with E-state index >= 15 is 0 Å². The van der Waals surface area contributed by atoms with Gasteiger partial charge in [-0.05, 0) is 38.5 Å². The van der Waals surface area contributed by atoms with Gasteiger partial charge in [0.15, 0.2) is 0 Å². The molecule has 0 aromatic rings. The molecule has 0 bridgehead atoms. The molecule has 0 spiro atoms. The summed E-state index contributed by atoms with van der Waals surface area (Å²) >= 11 is 0. The van der Waals surface area contributed by atoms with Crippen molar-refractivity contribution in [3.8, 4) is 0 Å². The Kier molecular flexibility index (Phi) is 20.5. The number of rotatable bonds is 17. The summed E-state index contributed by atoms with van der Waals surface area (Å²) in [7, 11) is 0. The summed E-state index contributed by atoms with van der Waals surface area (Å²) in [5.74, 6) is 0. The van der Waals surface area contributed by atoms with Crippen LogP contribution < -0.4 is 12.4 Å². The minimum atomic E-state index is 0. The Hall–Kier alpha value is 0.210. The van der Waals surface area contributed by atoms with E-state index in [2.05, 4.69) is 20.8 Å². The van der Waals surface area contributed by atoms with Crippen molar-refractivity contribution in [1.82, 2.24) is 0 Å². The molecule has 1 N–H and O–H groups in total. The molecular formula is C20H44ClNO. The molecule has 0 aliphatic rings. The number of halogens is 1. The predicted molar refractivity (Wildman–Crippen MR) is 99.2 cm³/mol. The van der Waals surface area contributed by atoms with E-state index in [1.54, 1.807) is 0 Å². The second kappa shape index (κ2) is 18.5. The first-order chi connectivity index (χ1) is 10.7.